The highest BCUT2D eigenvalue weighted by Crippen LogP contribution is 2.13. The van der Waals surface area contributed by atoms with E-state index in [1.807, 2.05) is 27.8 Å². The molecule has 0 aromatic heterocycles. The van der Waals surface area contributed by atoms with Gasteiger partial charge in [-0.15, -0.1) is 0 Å². The Bertz CT molecular complexity index is 706. The number of ether oxygens (including phenoxy) is 2. The van der Waals surface area contributed by atoms with Crippen molar-refractivity contribution in [2.45, 2.75) is 26.4 Å². The van der Waals surface area contributed by atoms with Gasteiger partial charge in [0.05, 0.1) is 18.3 Å². The molecule has 28 heavy (non-hydrogen) atoms. The maximum atomic E-state index is 12.1. The normalized spacial score (nSPS) is 15.4. The molecule has 1 aliphatic heterocycles. The summed E-state index contributed by atoms with van der Waals surface area (Å²) in [5.74, 6) is 0.607. The first-order valence-electron chi connectivity index (χ1n) is 9.48. The zero-order valence-electron chi connectivity index (χ0n) is 17.3. The van der Waals surface area contributed by atoms with Gasteiger partial charge in [-0.25, -0.2) is 4.79 Å². The van der Waals surface area contributed by atoms with Gasteiger partial charge in [0.25, 0.3) is 0 Å². The number of rotatable bonds is 6. The molecule has 1 heterocycles. The van der Waals surface area contributed by atoms with Crippen LogP contribution >= 0.6 is 0 Å². The lowest BCUT2D eigenvalue weighted by atomic mass is 9.94. The van der Waals surface area contributed by atoms with Gasteiger partial charge in [-0.3, -0.25) is 9.80 Å². The van der Waals surface area contributed by atoms with Crippen LogP contribution in [0.4, 0.5) is 4.79 Å². The van der Waals surface area contributed by atoms with Crippen molar-refractivity contribution < 1.29 is 14.3 Å². The molecule has 0 N–H and O–H groups in total. The summed E-state index contributed by atoms with van der Waals surface area (Å²) in [5.41, 5.74) is 0.544. The largest absolute Gasteiger partial charge is 0.492 e. The SMILES string of the molecule is [B]c1cc(C#N)cc(OCCN(C)CN2CCN(C(=O)OC(C)(C)C)CC2)c1. The van der Waals surface area contributed by atoms with Gasteiger partial charge in [0.2, 0.25) is 0 Å². The summed E-state index contributed by atoms with van der Waals surface area (Å²) in [7, 11) is 7.80. The van der Waals surface area contributed by atoms with Crippen LogP contribution in [0.25, 0.3) is 0 Å². The molecule has 0 saturated carbocycles. The van der Waals surface area contributed by atoms with E-state index >= 15 is 0 Å². The Kier molecular flexibility index (Phi) is 7.73. The average molecular weight is 384 g/mol. The van der Waals surface area contributed by atoms with Gasteiger partial charge in [0, 0.05) is 32.7 Å². The van der Waals surface area contributed by atoms with Crippen LogP contribution in [-0.2, 0) is 4.74 Å². The minimum absolute atomic E-state index is 0.243. The lowest BCUT2D eigenvalue weighted by Crippen LogP contribution is -2.52. The summed E-state index contributed by atoms with van der Waals surface area (Å²) < 4.78 is 11.1. The second kappa shape index (κ2) is 9.81. The molecule has 1 fully saturated rings. The number of nitrogens with zero attached hydrogens (tertiary/aromatic N) is 4. The summed E-state index contributed by atoms with van der Waals surface area (Å²) in [4.78, 5) is 18.3. The van der Waals surface area contributed by atoms with E-state index in [-0.39, 0.29) is 6.09 Å². The predicted octanol–water partition coefficient (Wildman–Crippen LogP) is 1.17. The lowest BCUT2D eigenvalue weighted by Gasteiger charge is -2.37. The summed E-state index contributed by atoms with van der Waals surface area (Å²) in [6, 6.07) is 7.10. The Morgan fingerprint density at radius 1 is 1.25 bits per heavy atom. The smallest absolute Gasteiger partial charge is 0.410 e. The summed E-state index contributed by atoms with van der Waals surface area (Å²) in [5, 5.41) is 8.98. The van der Waals surface area contributed by atoms with Gasteiger partial charge in [-0.2, -0.15) is 5.26 Å². The van der Waals surface area contributed by atoms with Crippen molar-refractivity contribution in [3.8, 4) is 11.8 Å². The molecule has 1 aromatic carbocycles. The molecular weight excluding hydrogens is 355 g/mol. The molecule has 2 rings (SSSR count). The maximum absolute atomic E-state index is 12.1. The Balaban J connectivity index is 1.69. The average Bonchev–Trinajstić information content (AvgIpc) is 2.60. The fraction of sp³-hybridized carbons (Fsp3) is 0.600. The third-order valence-corrected chi connectivity index (χ3v) is 4.27. The van der Waals surface area contributed by atoms with Gasteiger partial charge in [0.1, 0.15) is 25.8 Å². The highest BCUT2D eigenvalue weighted by Gasteiger charge is 2.26. The van der Waals surface area contributed by atoms with Gasteiger partial charge >= 0.3 is 6.09 Å². The van der Waals surface area contributed by atoms with Crippen molar-refractivity contribution in [2.75, 3.05) is 53.0 Å². The number of piperazine rings is 1. The van der Waals surface area contributed by atoms with E-state index in [1.54, 1.807) is 23.1 Å². The van der Waals surface area contributed by atoms with Gasteiger partial charge in [0.15, 0.2) is 0 Å². The second-order valence-electron chi connectivity index (χ2n) is 8.06. The highest BCUT2D eigenvalue weighted by molar-refractivity contribution is 6.32. The standard InChI is InChI=1S/C20H29BN4O3/c1-20(2,3)28-19(26)25-7-5-24(6-8-25)15-23(4)9-10-27-18-12-16(14-22)11-17(21)13-18/h11-13H,5-10,15H2,1-4H3. The minimum atomic E-state index is -0.466. The van der Waals surface area contributed by atoms with E-state index in [4.69, 9.17) is 22.6 Å². The third-order valence-electron chi connectivity index (χ3n) is 4.27. The van der Waals surface area contributed by atoms with Crippen LogP contribution in [0.1, 0.15) is 26.3 Å². The van der Waals surface area contributed by atoms with E-state index < -0.39 is 5.60 Å². The monoisotopic (exact) mass is 384 g/mol. The molecule has 2 radical (unpaired) electrons. The first-order chi connectivity index (χ1) is 13.2. The van der Waals surface area contributed by atoms with Gasteiger partial charge < -0.3 is 14.4 Å². The molecule has 8 heteroatoms. The van der Waals surface area contributed by atoms with E-state index in [0.29, 0.717) is 36.5 Å². The zero-order chi connectivity index (χ0) is 20.7. The molecule has 0 bridgehead atoms. The molecular formula is C20H29BN4O3. The van der Waals surface area contributed by atoms with Crippen molar-refractivity contribution in [3.05, 3.63) is 23.8 Å². The van der Waals surface area contributed by atoms with Crippen LogP contribution < -0.4 is 10.2 Å². The quantitative estimate of drug-likeness (QED) is 0.686. The second-order valence-corrected chi connectivity index (χ2v) is 8.06. The van der Waals surface area contributed by atoms with E-state index in [2.05, 4.69) is 15.9 Å². The summed E-state index contributed by atoms with van der Waals surface area (Å²) in [6.07, 6.45) is -0.243. The fourth-order valence-corrected chi connectivity index (χ4v) is 2.90. The van der Waals surface area contributed by atoms with Crippen molar-refractivity contribution in [1.29, 1.82) is 5.26 Å². The Morgan fingerprint density at radius 3 is 2.54 bits per heavy atom. The molecule has 1 amide bonds. The molecule has 150 valence electrons. The molecule has 0 spiro atoms. The van der Waals surface area contributed by atoms with Crippen LogP contribution in [0.5, 0.6) is 5.75 Å². The first-order valence-corrected chi connectivity index (χ1v) is 9.48. The van der Waals surface area contributed by atoms with E-state index in [1.165, 1.54) is 0 Å². The number of hydrogen-bond donors (Lipinski definition) is 0. The van der Waals surface area contributed by atoms with Crippen molar-refractivity contribution in [3.63, 3.8) is 0 Å². The summed E-state index contributed by atoms with van der Waals surface area (Å²) in [6.45, 7) is 10.6. The zero-order valence-corrected chi connectivity index (χ0v) is 17.3. The molecule has 1 saturated heterocycles. The number of benzene rings is 1. The van der Waals surface area contributed by atoms with Crippen LogP contribution in [0.2, 0.25) is 0 Å². The molecule has 0 unspecified atom stereocenters. The van der Waals surface area contributed by atoms with Gasteiger partial charge in [-0.1, -0.05) is 11.5 Å². The molecule has 1 aromatic rings. The van der Waals surface area contributed by atoms with Crippen molar-refractivity contribution in [2.24, 2.45) is 0 Å². The lowest BCUT2D eigenvalue weighted by molar-refractivity contribution is 0.00956. The molecule has 0 atom stereocenters. The van der Waals surface area contributed by atoms with Crippen molar-refractivity contribution in [1.82, 2.24) is 14.7 Å². The Labute approximate surface area is 169 Å². The number of likely N-dealkylation sites (N-methyl/N-ethyl adjacent to an activating group) is 1. The minimum Gasteiger partial charge on any atom is -0.492 e. The number of carbonyl (C=O) groups is 1. The number of nitriles is 1. The van der Waals surface area contributed by atoms with E-state index in [0.717, 1.165) is 26.3 Å². The van der Waals surface area contributed by atoms with Crippen LogP contribution in [0.15, 0.2) is 18.2 Å². The molecule has 7 nitrogen and oxygen atoms in total. The Morgan fingerprint density at radius 2 is 1.93 bits per heavy atom. The fourth-order valence-electron chi connectivity index (χ4n) is 2.90. The van der Waals surface area contributed by atoms with Crippen LogP contribution in [0, 0.1) is 11.3 Å². The topological polar surface area (TPSA) is 69.0 Å². The maximum Gasteiger partial charge on any atom is 0.410 e. The predicted molar refractivity (Wildman–Crippen MR) is 109 cm³/mol. The van der Waals surface area contributed by atoms with Crippen LogP contribution in [0.3, 0.4) is 0 Å². The number of carbonyl (C=O) groups excluding carboxylic acids is 1. The van der Waals surface area contributed by atoms with Crippen LogP contribution in [-0.4, -0.2) is 87.3 Å². The van der Waals surface area contributed by atoms with Crippen molar-refractivity contribution >= 4 is 19.4 Å². The van der Waals surface area contributed by atoms with Gasteiger partial charge in [-0.05, 0) is 40.0 Å². The third kappa shape index (κ3) is 7.41. The number of hydrogen-bond acceptors (Lipinski definition) is 6. The number of amides is 1. The summed E-state index contributed by atoms with van der Waals surface area (Å²) >= 11 is 0. The van der Waals surface area contributed by atoms with E-state index in [9.17, 15) is 4.79 Å². The molecule has 1 aliphatic rings. The first kappa shape index (κ1) is 22.1. The highest BCUT2D eigenvalue weighted by atomic mass is 16.6. The molecule has 0 aliphatic carbocycles. The Hall–Kier alpha value is -2.24.